The molecule has 0 aliphatic rings. The van der Waals surface area contributed by atoms with Crippen molar-refractivity contribution >= 4 is 44.5 Å². The molecule has 21 heteroatoms. The number of rotatable bonds is 9. The number of azo groups is 2. The number of carbonyl (C=O) groups is 1. The number of aromatic carboxylic acids is 1. The Labute approximate surface area is 314 Å². The normalized spacial score (nSPS) is 11.2. The Morgan fingerprint density at radius 2 is 1.19 bits per heavy atom. The van der Waals surface area contributed by atoms with Gasteiger partial charge in [0.2, 0.25) is 0 Å². The van der Waals surface area contributed by atoms with Gasteiger partial charge in [0, 0.05) is 12.1 Å². The molecule has 0 aliphatic carbocycles. The van der Waals surface area contributed by atoms with Crippen LogP contribution < -0.4 is 16.2 Å². The summed E-state index contributed by atoms with van der Waals surface area (Å²) in [5, 5.41) is 53.1. The molecule has 0 atom stereocenters. The summed E-state index contributed by atoms with van der Waals surface area (Å²) >= 11 is 0. The van der Waals surface area contributed by atoms with Crippen molar-refractivity contribution in [3.05, 3.63) is 145 Å². The maximum absolute atomic E-state index is 12.6. The number of para-hydroxylation sites is 2. The van der Waals surface area contributed by atoms with Crippen LogP contribution >= 0.6 is 0 Å². The molecule has 0 amide bonds. The molecular weight excluding hydrogens is 766 g/mol. The smallest absolute Gasteiger partial charge is 0.870 e. The third-order valence-corrected chi connectivity index (χ3v) is 8.13. The summed E-state index contributed by atoms with van der Waals surface area (Å²) in [6.07, 6.45) is 0. The second-order valence-electron chi connectivity index (χ2n) is 10.9. The van der Waals surface area contributed by atoms with E-state index >= 15 is 0 Å². The van der Waals surface area contributed by atoms with E-state index in [4.69, 9.17) is 9.66 Å². The number of nitro groups is 1. The Balaban J connectivity index is 0.000000240. The molecule has 2 aromatic heterocycles. The van der Waals surface area contributed by atoms with Crippen LogP contribution in [0.3, 0.4) is 0 Å². The van der Waals surface area contributed by atoms with Crippen molar-refractivity contribution in [2.24, 2.45) is 20.5 Å². The first-order valence-corrected chi connectivity index (χ1v) is 16.5. The van der Waals surface area contributed by atoms with Gasteiger partial charge in [-0.1, -0.05) is 54.3 Å². The first kappa shape index (κ1) is 40.0. The van der Waals surface area contributed by atoms with Gasteiger partial charge in [0.15, 0.2) is 11.4 Å². The van der Waals surface area contributed by atoms with Crippen molar-refractivity contribution in [3.63, 3.8) is 0 Å². The van der Waals surface area contributed by atoms with E-state index in [1.54, 1.807) is 61.5 Å². The number of carboxylic acid groups (broad SMARTS) is 1. The zero-order chi connectivity index (χ0) is 38.4. The predicted octanol–water partition coefficient (Wildman–Crippen LogP) is 5.70. The number of hydrogen-bond donors (Lipinski definition) is 4. The molecule has 0 saturated heterocycles. The van der Waals surface area contributed by atoms with Gasteiger partial charge >= 0.3 is 23.3 Å². The van der Waals surface area contributed by atoms with E-state index < -0.39 is 48.6 Å². The van der Waals surface area contributed by atoms with Gasteiger partial charge in [0.25, 0.3) is 26.9 Å². The molecule has 0 bridgehead atoms. The number of aromatic amines is 2. The molecule has 19 nitrogen and oxygen atoms in total. The Hall–Kier alpha value is -6.79. The summed E-state index contributed by atoms with van der Waals surface area (Å²) in [6.45, 7) is 3.22. The predicted molar refractivity (Wildman–Crippen MR) is 186 cm³/mol. The quantitative estimate of drug-likeness (QED) is 0.0599. The van der Waals surface area contributed by atoms with Crippen molar-refractivity contribution in [2.75, 3.05) is 0 Å². The average molecular weight is 793 g/mol. The standard InChI is InChI=1S/C17H14N4O3.C16H13N5O7S.Cr/c1-11-15(16(22)21(20-11)12-7-3-2-4-8-12)19-18-14-10-6-5-9-13(14)17(23)24;1-9-14(16(23)20(19-9)10-5-3-2-4-6-10)18-17-12-7-11(21(24)25)8-13(15(12)22)29(26,27)28;/h2-10,20H,1H3,(H,23,24);2-8,19,22H,1H3,(H,26,27,28);/q;;+3/p-1. The van der Waals surface area contributed by atoms with Gasteiger partial charge in [-0.2, -0.15) is 13.5 Å². The van der Waals surface area contributed by atoms with E-state index in [1.165, 1.54) is 28.4 Å². The molecule has 2 heterocycles. The SMILES string of the molecule is Cc1[nH]n(-c2ccccc2)c(=O)c1N=Nc1cc([N+](=O)[O-])cc(S(=O)(=O)O)c1[O-].Cc1[nH]n(-c2ccccc2)c(=O)c1N=Nc1ccccc1C(=O)O.[Cr+3]. The molecule has 273 valence electrons. The van der Waals surface area contributed by atoms with Crippen molar-refractivity contribution in [1.82, 2.24) is 19.6 Å². The number of nitrogens with zero attached hydrogens (tertiary/aromatic N) is 7. The summed E-state index contributed by atoms with van der Waals surface area (Å²) in [6, 6.07) is 24.9. The monoisotopic (exact) mass is 792 g/mol. The zero-order valence-corrected chi connectivity index (χ0v) is 29.9. The number of hydrogen-bond acceptors (Lipinski definition) is 12. The molecule has 0 unspecified atom stereocenters. The molecular formula is C33H26CrN9O10S+2. The molecule has 4 aromatic carbocycles. The summed E-state index contributed by atoms with van der Waals surface area (Å²) in [4.78, 5) is 45.0. The number of benzene rings is 4. The summed E-state index contributed by atoms with van der Waals surface area (Å²) in [5.74, 6) is -2.39. The van der Waals surface area contributed by atoms with Crippen LogP contribution in [0.25, 0.3) is 11.4 Å². The number of aromatic nitrogens is 4. The van der Waals surface area contributed by atoms with Crippen molar-refractivity contribution in [1.29, 1.82) is 0 Å². The second-order valence-corrected chi connectivity index (χ2v) is 12.3. The number of H-pyrrole nitrogens is 2. The fraction of sp³-hybridized carbons (Fsp3) is 0.0606. The van der Waals surface area contributed by atoms with Gasteiger partial charge in [0.1, 0.15) is 5.69 Å². The molecule has 1 radical (unpaired) electrons. The number of nitrogens with one attached hydrogen (secondary N) is 2. The van der Waals surface area contributed by atoms with Gasteiger partial charge < -0.3 is 10.2 Å². The fourth-order valence-electron chi connectivity index (χ4n) is 4.72. The molecule has 0 saturated carbocycles. The fourth-order valence-corrected chi connectivity index (χ4v) is 5.33. The minimum Gasteiger partial charge on any atom is -0.870 e. The Morgan fingerprint density at radius 3 is 1.63 bits per heavy atom. The second kappa shape index (κ2) is 16.7. The minimum atomic E-state index is -5.03. The summed E-state index contributed by atoms with van der Waals surface area (Å²) in [5.41, 5.74) is -0.289. The van der Waals surface area contributed by atoms with Crippen LogP contribution in [0, 0.1) is 24.0 Å². The number of non-ortho nitro benzene ring substituents is 1. The van der Waals surface area contributed by atoms with Crippen molar-refractivity contribution in [3.8, 4) is 17.1 Å². The largest absolute Gasteiger partial charge is 3.00 e. The average Bonchev–Trinajstić information content (AvgIpc) is 3.59. The number of aryl methyl sites for hydroxylation is 2. The number of carboxylic acids is 1. The third kappa shape index (κ3) is 8.80. The molecule has 54 heavy (non-hydrogen) atoms. The van der Waals surface area contributed by atoms with Gasteiger partial charge in [-0.3, -0.25) is 34.5 Å². The van der Waals surface area contributed by atoms with Crippen LogP contribution in [0.2, 0.25) is 0 Å². The molecule has 0 fully saturated rings. The Bertz CT molecular complexity index is 2630. The van der Waals surface area contributed by atoms with Crippen LogP contribution in [0.1, 0.15) is 21.7 Å². The minimum absolute atomic E-state index is 0. The van der Waals surface area contributed by atoms with Gasteiger partial charge in [-0.05, 0) is 50.2 Å². The molecule has 4 N–H and O–H groups in total. The number of nitro benzene ring substituents is 1. The molecule has 0 aliphatic heterocycles. The maximum atomic E-state index is 12.6. The topological polar surface area (TPSA) is 283 Å². The van der Waals surface area contributed by atoms with Crippen LogP contribution in [0.15, 0.2) is 132 Å². The molecule has 0 spiro atoms. The molecule has 6 aromatic rings. The summed E-state index contributed by atoms with van der Waals surface area (Å²) in [7, 11) is -5.03. The van der Waals surface area contributed by atoms with Crippen molar-refractivity contribution < 1.29 is 50.3 Å². The first-order valence-electron chi connectivity index (χ1n) is 15.0. The van der Waals surface area contributed by atoms with E-state index in [0.717, 1.165) is 0 Å². The van der Waals surface area contributed by atoms with E-state index in [2.05, 4.69) is 30.7 Å². The van der Waals surface area contributed by atoms with Crippen LogP contribution in [0.4, 0.5) is 28.4 Å². The Kier molecular flexibility index (Phi) is 12.4. The van der Waals surface area contributed by atoms with Crippen molar-refractivity contribution in [2.45, 2.75) is 18.7 Å². The summed E-state index contributed by atoms with van der Waals surface area (Å²) < 4.78 is 34.3. The zero-order valence-electron chi connectivity index (χ0n) is 27.8. The van der Waals surface area contributed by atoms with Crippen LogP contribution in [0.5, 0.6) is 5.75 Å². The maximum Gasteiger partial charge on any atom is 3.00 e. The van der Waals surface area contributed by atoms with Gasteiger partial charge in [-0.15, -0.1) is 15.3 Å². The van der Waals surface area contributed by atoms with Gasteiger partial charge in [0.05, 0.1) is 43.8 Å². The van der Waals surface area contributed by atoms with E-state index in [1.807, 2.05) is 18.2 Å². The van der Waals surface area contributed by atoms with E-state index in [0.29, 0.717) is 29.2 Å². The van der Waals surface area contributed by atoms with E-state index in [9.17, 15) is 38.0 Å². The van der Waals surface area contributed by atoms with Crippen LogP contribution in [-0.4, -0.2) is 48.5 Å². The first-order chi connectivity index (χ1) is 25.2. The Morgan fingerprint density at radius 1 is 0.741 bits per heavy atom. The molecule has 6 rings (SSSR count). The van der Waals surface area contributed by atoms with E-state index in [-0.39, 0.29) is 51.2 Å². The van der Waals surface area contributed by atoms with Crippen LogP contribution in [-0.2, 0) is 27.5 Å². The third-order valence-electron chi connectivity index (χ3n) is 7.27. The van der Waals surface area contributed by atoms with Gasteiger partial charge in [-0.25, -0.2) is 14.2 Å².